The summed E-state index contributed by atoms with van der Waals surface area (Å²) in [5.41, 5.74) is 1.37. The van der Waals surface area contributed by atoms with Gasteiger partial charge in [0, 0.05) is 31.6 Å². The summed E-state index contributed by atoms with van der Waals surface area (Å²) >= 11 is 3.17. The van der Waals surface area contributed by atoms with Crippen LogP contribution in [-0.4, -0.2) is 43.1 Å². The SMILES string of the molecule is COc1cc(Br)c(F)cc1N1C(=O)CCC2CN(C(=O)OCc3ccccc3)CCC21. The van der Waals surface area contributed by atoms with Crippen LogP contribution in [0.1, 0.15) is 24.8 Å². The van der Waals surface area contributed by atoms with Crippen molar-refractivity contribution >= 4 is 33.6 Å². The number of carbonyl (C=O) groups is 2. The van der Waals surface area contributed by atoms with E-state index in [0.29, 0.717) is 43.8 Å². The molecule has 0 N–H and O–H groups in total. The molecule has 164 valence electrons. The number of amides is 2. The Hall–Kier alpha value is -2.61. The lowest BCUT2D eigenvalue weighted by Gasteiger charge is -2.46. The van der Waals surface area contributed by atoms with Gasteiger partial charge in [-0.25, -0.2) is 9.18 Å². The van der Waals surface area contributed by atoms with E-state index in [0.717, 1.165) is 5.56 Å². The first-order valence-electron chi connectivity index (χ1n) is 10.3. The number of rotatable bonds is 4. The van der Waals surface area contributed by atoms with Gasteiger partial charge in [-0.1, -0.05) is 30.3 Å². The minimum absolute atomic E-state index is 0.0543. The highest BCUT2D eigenvalue weighted by atomic mass is 79.9. The van der Waals surface area contributed by atoms with Crippen molar-refractivity contribution in [3.8, 4) is 5.75 Å². The van der Waals surface area contributed by atoms with Crippen molar-refractivity contribution in [2.24, 2.45) is 5.92 Å². The number of piperidine rings is 2. The van der Waals surface area contributed by atoms with E-state index in [4.69, 9.17) is 9.47 Å². The predicted octanol–water partition coefficient (Wildman–Crippen LogP) is 4.75. The van der Waals surface area contributed by atoms with E-state index in [2.05, 4.69) is 15.9 Å². The molecule has 2 aliphatic heterocycles. The number of likely N-dealkylation sites (tertiary alicyclic amines) is 1. The lowest BCUT2D eigenvalue weighted by atomic mass is 9.83. The third-order valence-electron chi connectivity index (χ3n) is 5.97. The Morgan fingerprint density at radius 2 is 2.00 bits per heavy atom. The summed E-state index contributed by atoms with van der Waals surface area (Å²) in [6, 6.07) is 12.3. The largest absolute Gasteiger partial charge is 0.495 e. The topological polar surface area (TPSA) is 59.1 Å². The van der Waals surface area contributed by atoms with E-state index in [-0.39, 0.29) is 35.0 Å². The molecule has 8 heteroatoms. The molecule has 2 atom stereocenters. The van der Waals surface area contributed by atoms with E-state index in [1.165, 1.54) is 19.2 Å². The van der Waals surface area contributed by atoms with Gasteiger partial charge in [-0.05, 0) is 46.3 Å². The highest BCUT2D eigenvalue weighted by molar-refractivity contribution is 9.10. The predicted molar refractivity (Wildman–Crippen MR) is 117 cm³/mol. The van der Waals surface area contributed by atoms with Gasteiger partial charge in [0.1, 0.15) is 18.2 Å². The van der Waals surface area contributed by atoms with Gasteiger partial charge in [0.05, 0.1) is 17.3 Å². The Morgan fingerprint density at radius 1 is 1.23 bits per heavy atom. The summed E-state index contributed by atoms with van der Waals surface area (Å²) in [6.45, 7) is 1.20. The van der Waals surface area contributed by atoms with Crippen molar-refractivity contribution in [2.75, 3.05) is 25.1 Å². The first-order valence-corrected chi connectivity index (χ1v) is 11.1. The van der Waals surface area contributed by atoms with E-state index in [1.807, 2.05) is 30.3 Å². The molecule has 2 aliphatic rings. The van der Waals surface area contributed by atoms with Crippen LogP contribution >= 0.6 is 15.9 Å². The van der Waals surface area contributed by atoms with Gasteiger partial charge in [-0.2, -0.15) is 0 Å². The van der Waals surface area contributed by atoms with Gasteiger partial charge in [0.2, 0.25) is 5.91 Å². The number of carbonyl (C=O) groups excluding carboxylic acids is 2. The smallest absolute Gasteiger partial charge is 0.410 e. The second-order valence-corrected chi connectivity index (χ2v) is 8.70. The highest BCUT2D eigenvalue weighted by Crippen LogP contribution is 2.41. The van der Waals surface area contributed by atoms with Gasteiger partial charge in [-0.3, -0.25) is 4.79 Å². The molecule has 0 aromatic heterocycles. The molecule has 2 aromatic rings. The normalized spacial score (nSPS) is 20.9. The minimum Gasteiger partial charge on any atom is -0.495 e. The molecular formula is C23H24BrFN2O4. The van der Waals surface area contributed by atoms with Crippen molar-refractivity contribution < 1.29 is 23.5 Å². The van der Waals surface area contributed by atoms with Crippen molar-refractivity contribution in [2.45, 2.75) is 31.9 Å². The average Bonchev–Trinajstić information content (AvgIpc) is 2.79. The van der Waals surface area contributed by atoms with Crippen LogP contribution < -0.4 is 9.64 Å². The minimum atomic E-state index is -0.451. The van der Waals surface area contributed by atoms with E-state index >= 15 is 0 Å². The highest BCUT2D eigenvalue weighted by Gasteiger charge is 2.42. The van der Waals surface area contributed by atoms with Crippen LogP contribution in [0.4, 0.5) is 14.9 Å². The summed E-state index contributed by atoms with van der Waals surface area (Å²) in [5, 5.41) is 0. The second-order valence-electron chi connectivity index (χ2n) is 7.84. The van der Waals surface area contributed by atoms with Crippen LogP contribution in [0.15, 0.2) is 46.9 Å². The summed E-state index contributed by atoms with van der Waals surface area (Å²) in [5.74, 6) is 0.0214. The van der Waals surface area contributed by atoms with Crippen LogP contribution in [-0.2, 0) is 16.1 Å². The van der Waals surface area contributed by atoms with E-state index in [9.17, 15) is 14.0 Å². The number of ether oxygens (including phenoxy) is 2. The number of halogens is 2. The molecule has 4 rings (SSSR count). The van der Waals surface area contributed by atoms with Gasteiger partial charge in [0.25, 0.3) is 0 Å². The Labute approximate surface area is 189 Å². The van der Waals surface area contributed by atoms with Crippen LogP contribution in [0.2, 0.25) is 0 Å². The van der Waals surface area contributed by atoms with Crippen molar-refractivity contribution in [1.82, 2.24) is 4.90 Å². The Morgan fingerprint density at radius 3 is 2.74 bits per heavy atom. The fraction of sp³-hybridized carbons (Fsp3) is 0.391. The summed E-state index contributed by atoms with van der Waals surface area (Å²) < 4.78 is 25.5. The molecule has 31 heavy (non-hydrogen) atoms. The number of benzene rings is 2. The maximum atomic E-state index is 14.3. The van der Waals surface area contributed by atoms with Crippen LogP contribution in [0.5, 0.6) is 5.75 Å². The number of fused-ring (bicyclic) bond motifs is 1. The lowest BCUT2D eigenvalue weighted by molar-refractivity contribution is -0.121. The molecule has 0 radical (unpaired) electrons. The second kappa shape index (κ2) is 9.26. The summed E-state index contributed by atoms with van der Waals surface area (Å²) in [4.78, 5) is 28.8. The maximum absolute atomic E-state index is 14.3. The fourth-order valence-corrected chi connectivity index (χ4v) is 4.74. The number of methoxy groups -OCH3 is 1. The monoisotopic (exact) mass is 490 g/mol. The third-order valence-corrected chi connectivity index (χ3v) is 6.58. The Kier molecular flexibility index (Phi) is 6.46. The van der Waals surface area contributed by atoms with Gasteiger partial charge in [0.15, 0.2) is 0 Å². The molecule has 2 amide bonds. The third kappa shape index (κ3) is 4.54. The quantitative estimate of drug-likeness (QED) is 0.620. The van der Waals surface area contributed by atoms with Crippen LogP contribution in [0, 0.1) is 11.7 Å². The van der Waals surface area contributed by atoms with E-state index < -0.39 is 5.82 Å². The molecule has 0 spiro atoms. The first kappa shape index (κ1) is 21.6. The van der Waals surface area contributed by atoms with Crippen molar-refractivity contribution in [1.29, 1.82) is 0 Å². The molecule has 2 unspecified atom stereocenters. The molecule has 2 saturated heterocycles. The Bertz CT molecular complexity index is 972. The van der Waals surface area contributed by atoms with Crippen LogP contribution in [0.3, 0.4) is 0 Å². The standard InChI is InChI=1S/C23H24BrFN2O4/c1-30-21-11-17(24)18(25)12-20(21)27-19-9-10-26(13-16(19)7-8-22(27)28)23(29)31-14-15-5-3-2-4-6-15/h2-6,11-12,16,19H,7-10,13-14H2,1H3. The zero-order valence-electron chi connectivity index (χ0n) is 17.2. The average molecular weight is 491 g/mol. The van der Waals surface area contributed by atoms with E-state index in [1.54, 1.807) is 9.80 Å². The van der Waals surface area contributed by atoms with Crippen molar-refractivity contribution in [3.05, 3.63) is 58.3 Å². The number of anilines is 1. The zero-order chi connectivity index (χ0) is 22.0. The molecule has 2 heterocycles. The zero-order valence-corrected chi connectivity index (χ0v) is 18.8. The Balaban J connectivity index is 1.47. The number of hydrogen-bond donors (Lipinski definition) is 0. The number of hydrogen-bond acceptors (Lipinski definition) is 4. The molecule has 2 aromatic carbocycles. The fourth-order valence-electron chi connectivity index (χ4n) is 4.42. The van der Waals surface area contributed by atoms with Crippen molar-refractivity contribution in [3.63, 3.8) is 0 Å². The van der Waals surface area contributed by atoms with Gasteiger partial charge in [-0.15, -0.1) is 0 Å². The van der Waals surface area contributed by atoms with Crippen LogP contribution in [0.25, 0.3) is 0 Å². The molecule has 0 aliphatic carbocycles. The lowest BCUT2D eigenvalue weighted by Crippen LogP contribution is -2.57. The summed E-state index contributed by atoms with van der Waals surface area (Å²) in [6.07, 6.45) is 1.27. The molecule has 0 bridgehead atoms. The molecule has 0 saturated carbocycles. The summed E-state index contributed by atoms with van der Waals surface area (Å²) in [7, 11) is 1.50. The van der Waals surface area contributed by atoms with Gasteiger partial charge >= 0.3 is 6.09 Å². The molecule has 2 fully saturated rings. The number of nitrogens with zero attached hydrogens (tertiary/aromatic N) is 2. The molecule has 6 nitrogen and oxygen atoms in total. The molecular weight excluding hydrogens is 467 g/mol. The first-order chi connectivity index (χ1) is 15.0. The maximum Gasteiger partial charge on any atom is 0.410 e. The van der Waals surface area contributed by atoms with Gasteiger partial charge < -0.3 is 19.3 Å².